The number of rotatable bonds is 8. The highest BCUT2D eigenvalue weighted by molar-refractivity contribution is 5.87. The zero-order chi connectivity index (χ0) is 24.1. The molecule has 1 fully saturated rings. The van der Waals surface area contributed by atoms with Crippen LogP contribution in [0.5, 0.6) is 0 Å². The highest BCUT2D eigenvalue weighted by Gasteiger charge is 2.42. The van der Waals surface area contributed by atoms with Crippen LogP contribution in [0, 0.1) is 5.41 Å². The van der Waals surface area contributed by atoms with Crippen LogP contribution in [0.15, 0.2) is 78.9 Å². The zero-order valence-electron chi connectivity index (χ0n) is 20.4. The highest BCUT2D eigenvalue weighted by Crippen LogP contribution is 2.48. The number of carbonyl (C=O) groups excluding carboxylic acids is 1. The van der Waals surface area contributed by atoms with E-state index in [-0.39, 0.29) is 17.6 Å². The van der Waals surface area contributed by atoms with Gasteiger partial charge in [0.25, 0.3) is 0 Å². The monoisotopic (exact) mass is 470 g/mol. The van der Waals surface area contributed by atoms with Crippen LogP contribution in [0.2, 0.25) is 0 Å². The lowest BCUT2D eigenvalue weighted by atomic mass is 9.68. The molecule has 2 heterocycles. The molecule has 1 unspecified atom stereocenters. The SMILES string of the molecule is COC(c1ccccc1)C1(CCc2ccccc2)CCN(Cc2ccc3c(c2)COC(=O)N3)CC1. The maximum atomic E-state index is 11.5. The van der Waals surface area contributed by atoms with Crippen LogP contribution in [0.3, 0.4) is 0 Å². The summed E-state index contributed by atoms with van der Waals surface area (Å²) in [5.74, 6) is 0. The van der Waals surface area contributed by atoms with Crippen molar-refractivity contribution in [2.45, 2.75) is 44.9 Å². The normalized spacial score (nSPS) is 18.3. The van der Waals surface area contributed by atoms with Crippen LogP contribution in [-0.2, 0) is 29.0 Å². The Bertz CT molecular complexity index is 1120. The van der Waals surface area contributed by atoms with Crippen molar-refractivity contribution in [1.82, 2.24) is 4.90 Å². The number of amides is 1. The van der Waals surface area contributed by atoms with Crippen molar-refractivity contribution in [3.63, 3.8) is 0 Å². The summed E-state index contributed by atoms with van der Waals surface area (Å²) in [7, 11) is 1.86. The van der Waals surface area contributed by atoms with Crippen molar-refractivity contribution >= 4 is 11.8 Å². The van der Waals surface area contributed by atoms with Gasteiger partial charge in [-0.25, -0.2) is 4.79 Å². The Kier molecular flexibility index (Phi) is 7.16. The van der Waals surface area contributed by atoms with E-state index in [0.29, 0.717) is 6.61 Å². The van der Waals surface area contributed by atoms with Gasteiger partial charge in [-0.3, -0.25) is 10.2 Å². The molecule has 1 amide bonds. The molecule has 0 aromatic heterocycles. The Morgan fingerprint density at radius 1 is 0.971 bits per heavy atom. The first-order valence-electron chi connectivity index (χ1n) is 12.5. The van der Waals surface area contributed by atoms with Crippen LogP contribution in [0.1, 0.15) is 47.6 Å². The number of benzene rings is 3. The van der Waals surface area contributed by atoms with Crippen molar-refractivity contribution in [2.24, 2.45) is 5.41 Å². The lowest BCUT2D eigenvalue weighted by Crippen LogP contribution is -2.43. The summed E-state index contributed by atoms with van der Waals surface area (Å²) in [6.07, 6.45) is 4.06. The molecule has 35 heavy (non-hydrogen) atoms. The number of carbonyl (C=O) groups is 1. The van der Waals surface area contributed by atoms with Crippen LogP contribution < -0.4 is 5.32 Å². The average molecular weight is 471 g/mol. The fraction of sp³-hybridized carbons (Fsp3) is 0.367. The molecular formula is C30H34N2O3. The molecule has 3 aromatic rings. The van der Waals surface area contributed by atoms with Crippen molar-refractivity contribution in [1.29, 1.82) is 0 Å². The van der Waals surface area contributed by atoms with E-state index in [9.17, 15) is 4.79 Å². The Labute approximate surface area is 208 Å². The van der Waals surface area contributed by atoms with E-state index in [1.807, 2.05) is 13.2 Å². The van der Waals surface area contributed by atoms with E-state index in [1.165, 1.54) is 16.7 Å². The Hall–Kier alpha value is -3.15. The topological polar surface area (TPSA) is 50.8 Å². The van der Waals surface area contributed by atoms with Gasteiger partial charge in [0.05, 0.1) is 11.8 Å². The Morgan fingerprint density at radius 3 is 2.40 bits per heavy atom. The number of nitrogens with zero attached hydrogens (tertiary/aromatic N) is 1. The number of likely N-dealkylation sites (tertiary alicyclic amines) is 1. The molecular weight excluding hydrogens is 436 g/mol. The number of aryl methyl sites for hydroxylation is 1. The van der Waals surface area contributed by atoms with Crippen molar-refractivity contribution < 1.29 is 14.3 Å². The van der Waals surface area contributed by atoms with E-state index < -0.39 is 0 Å². The second-order valence-electron chi connectivity index (χ2n) is 9.84. The summed E-state index contributed by atoms with van der Waals surface area (Å²) in [6, 6.07) is 27.8. The van der Waals surface area contributed by atoms with Crippen LogP contribution in [-0.4, -0.2) is 31.2 Å². The molecule has 3 aromatic carbocycles. The summed E-state index contributed by atoms with van der Waals surface area (Å²) in [4.78, 5) is 14.0. The van der Waals surface area contributed by atoms with Gasteiger partial charge in [-0.2, -0.15) is 0 Å². The standard InChI is InChI=1S/C30H34N2O3/c1-34-28(25-10-6-3-7-11-25)30(15-14-23-8-4-2-5-9-23)16-18-32(19-17-30)21-24-12-13-27-26(20-24)22-35-29(33)31-27/h2-13,20,28H,14-19,21-22H2,1H3,(H,31,33). The van der Waals surface area contributed by atoms with Gasteiger partial charge in [-0.1, -0.05) is 66.7 Å². The van der Waals surface area contributed by atoms with E-state index in [1.54, 1.807) is 0 Å². The van der Waals surface area contributed by atoms with Gasteiger partial charge in [0.2, 0.25) is 0 Å². The molecule has 0 saturated carbocycles. The first-order valence-corrected chi connectivity index (χ1v) is 12.5. The first-order chi connectivity index (χ1) is 17.1. The molecule has 5 nitrogen and oxygen atoms in total. The van der Waals surface area contributed by atoms with Gasteiger partial charge in [0, 0.05) is 24.6 Å². The summed E-state index contributed by atoms with van der Waals surface area (Å²) >= 11 is 0. The fourth-order valence-electron chi connectivity index (χ4n) is 5.74. The average Bonchev–Trinajstić information content (AvgIpc) is 2.90. The Balaban J connectivity index is 1.31. The zero-order valence-corrected chi connectivity index (χ0v) is 20.4. The molecule has 0 radical (unpaired) electrons. The molecule has 0 spiro atoms. The van der Waals surface area contributed by atoms with Crippen LogP contribution in [0.4, 0.5) is 10.5 Å². The maximum absolute atomic E-state index is 11.5. The maximum Gasteiger partial charge on any atom is 0.411 e. The predicted octanol–water partition coefficient (Wildman–Crippen LogP) is 6.35. The number of ether oxygens (including phenoxy) is 2. The highest BCUT2D eigenvalue weighted by atomic mass is 16.5. The number of anilines is 1. The van der Waals surface area contributed by atoms with Crippen molar-refractivity contribution in [3.05, 3.63) is 101 Å². The minimum Gasteiger partial charge on any atom is -0.444 e. The summed E-state index contributed by atoms with van der Waals surface area (Å²) in [6.45, 7) is 3.31. The number of cyclic esters (lactones) is 1. The molecule has 1 saturated heterocycles. The van der Waals surface area contributed by atoms with E-state index >= 15 is 0 Å². The largest absolute Gasteiger partial charge is 0.444 e. The second-order valence-corrected chi connectivity index (χ2v) is 9.84. The summed E-state index contributed by atoms with van der Waals surface area (Å²) in [5, 5.41) is 2.77. The van der Waals surface area contributed by atoms with Gasteiger partial charge < -0.3 is 9.47 Å². The summed E-state index contributed by atoms with van der Waals surface area (Å²) in [5.41, 5.74) is 5.91. The lowest BCUT2D eigenvalue weighted by molar-refractivity contribution is -0.0582. The number of hydrogen-bond acceptors (Lipinski definition) is 4. The van der Waals surface area contributed by atoms with Gasteiger partial charge in [0.15, 0.2) is 0 Å². The van der Waals surface area contributed by atoms with E-state index in [0.717, 1.165) is 56.6 Å². The number of hydrogen-bond donors (Lipinski definition) is 1. The third-order valence-electron chi connectivity index (χ3n) is 7.67. The molecule has 1 atom stereocenters. The molecule has 5 heteroatoms. The molecule has 182 valence electrons. The fourth-order valence-corrected chi connectivity index (χ4v) is 5.74. The molecule has 1 N–H and O–H groups in total. The predicted molar refractivity (Wildman–Crippen MR) is 138 cm³/mol. The molecule has 2 aliphatic rings. The number of piperidine rings is 1. The van der Waals surface area contributed by atoms with Gasteiger partial charge in [0.1, 0.15) is 6.61 Å². The quantitative estimate of drug-likeness (QED) is 0.417. The lowest BCUT2D eigenvalue weighted by Gasteiger charge is -2.46. The molecule has 5 rings (SSSR count). The van der Waals surface area contributed by atoms with Gasteiger partial charge >= 0.3 is 6.09 Å². The summed E-state index contributed by atoms with van der Waals surface area (Å²) < 4.78 is 11.4. The van der Waals surface area contributed by atoms with Crippen LogP contribution in [0.25, 0.3) is 0 Å². The number of fused-ring (bicyclic) bond motifs is 1. The third kappa shape index (κ3) is 5.42. The van der Waals surface area contributed by atoms with Gasteiger partial charge in [-0.15, -0.1) is 0 Å². The van der Waals surface area contributed by atoms with Crippen LogP contribution >= 0.6 is 0 Å². The minimum absolute atomic E-state index is 0.0825. The van der Waals surface area contributed by atoms with E-state index in [4.69, 9.17) is 9.47 Å². The van der Waals surface area contributed by atoms with Gasteiger partial charge in [-0.05, 0) is 67.6 Å². The number of methoxy groups -OCH3 is 1. The molecule has 2 aliphatic heterocycles. The van der Waals surface area contributed by atoms with E-state index in [2.05, 4.69) is 83.0 Å². The van der Waals surface area contributed by atoms with Crippen molar-refractivity contribution in [3.8, 4) is 0 Å². The third-order valence-corrected chi connectivity index (χ3v) is 7.67. The second kappa shape index (κ2) is 10.6. The number of nitrogens with one attached hydrogen (secondary N) is 1. The van der Waals surface area contributed by atoms with Crippen molar-refractivity contribution in [2.75, 3.05) is 25.5 Å². The Morgan fingerprint density at radius 2 is 1.69 bits per heavy atom. The smallest absolute Gasteiger partial charge is 0.411 e. The molecule has 0 bridgehead atoms. The minimum atomic E-state index is -0.376. The molecule has 0 aliphatic carbocycles. The first kappa shape index (κ1) is 23.6.